The van der Waals surface area contributed by atoms with Crippen LogP contribution in [0, 0.1) is 0 Å². The number of benzene rings is 1. The normalized spacial score (nSPS) is 22.8. The number of hydrogen-bond donors (Lipinski definition) is 3. The molecule has 5 heteroatoms. The second-order valence-electron chi connectivity index (χ2n) is 4.70. The highest BCUT2D eigenvalue weighted by atomic mass is 16.5. The maximum absolute atomic E-state index is 12.1. The van der Waals surface area contributed by atoms with E-state index in [1.807, 2.05) is 6.92 Å². The molecule has 3 N–H and O–H groups in total. The maximum Gasteiger partial charge on any atom is 0.244 e. The second-order valence-corrected chi connectivity index (χ2v) is 4.70. The van der Waals surface area contributed by atoms with Crippen LogP contribution >= 0.6 is 0 Å². The van der Waals surface area contributed by atoms with Crippen LogP contribution in [0.2, 0.25) is 0 Å². The van der Waals surface area contributed by atoms with Crippen LogP contribution in [0.15, 0.2) is 18.2 Å². The van der Waals surface area contributed by atoms with Gasteiger partial charge in [0.1, 0.15) is 0 Å². The highest BCUT2D eigenvalue weighted by Crippen LogP contribution is 2.29. The monoisotopic (exact) mass is 250 g/mol. The number of aromatic hydroxyl groups is 1. The Labute approximate surface area is 106 Å². The lowest BCUT2D eigenvalue weighted by molar-refractivity contribution is -0.121. The van der Waals surface area contributed by atoms with Crippen molar-refractivity contribution in [2.24, 2.45) is 0 Å². The number of carbonyl (C=O) groups is 1. The summed E-state index contributed by atoms with van der Waals surface area (Å²) in [5.74, 6) is 0.322. The fourth-order valence-electron chi connectivity index (χ4n) is 2.13. The fourth-order valence-corrected chi connectivity index (χ4v) is 2.13. The van der Waals surface area contributed by atoms with Gasteiger partial charge in [-0.25, -0.2) is 0 Å². The summed E-state index contributed by atoms with van der Waals surface area (Å²) in [7, 11) is 1.48. The quantitative estimate of drug-likeness (QED) is 0.760. The molecule has 0 aromatic heterocycles. The van der Waals surface area contributed by atoms with Crippen LogP contribution in [-0.4, -0.2) is 30.2 Å². The number of amides is 1. The zero-order chi connectivity index (χ0) is 13.2. The first-order valence-electron chi connectivity index (χ1n) is 5.99. The van der Waals surface area contributed by atoms with Gasteiger partial charge in [-0.1, -0.05) is 0 Å². The van der Waals surface area contributed by atoms with Gasteiger partial charge in [0.15, 0.2) is 11.5 Å². The number of carbonyl (C=O) groups excluding carboxylic acids is 1. The van der Waals surface area contributed by atoms with E-state index in [1.165, 1.54) is 13.2 Å². The Balaban J connectivity index is 2.09. The Morgan fingerprint density at radius 3 is 2.89 bits per heavy atom. The largest absolute Gasteiger partial charge is 0.504 e. The molecule has 1 heterocycles. The molecule has 18 heavy (non-hydrogen) atoms. The minimum absolute atomic E-state index is 0.0137. The summed E-state index contributed by atoms with van der Waals surface area (Å²) in [4.78, 5) is 12.1. The topological polar surface area (TPSA) is 70.6 Å². The number of phenolic OH excluding ortho intramolecular Hbond substituents is 1. The molecule has 0 saturated carbocycles. The third kappa shape index (κ3) is 2.41. The van der Waals surface area contributed by atoms with Crippen molar-refractivity contribution in [3.63, 3.8) is 0 Å². The van der Waals surface area contributed by atoms with Crippen molar-refractivity contribution in [1.29, 1.82) is 0 Å². The van der Waals surface area contributed by atoms with Crippen LogP contribution in [0.4, 0.5) is 5.69 Å². The van der Waals surface area contributed by atoms with E-state index >= 15 is 0 Å². The van der Waals surface area contributed by atoms with E-state index in [4.69, 9.17) is 4.74 Å². The lowest BCUT2D eigenvalue weighted by Crippen LogP contribution is -2.47. The van der Waals surface area contributed by atoms with E-state index in [9.17, 15) is 9.90 Å². The third-order valence-corrected chi connectivity index (χ3v) is 3.31. The van der Waals surface area contributed by atoms with Crippen molar-refractivity contribution in [3.05, 3.63) is 18.2 Å². The molecule has 2 rings (SSSR count). The molecule has 1 atom stereocenters. The van der Waals surface area contributed by atoms with Crippen LogP contribution in [0.1, 0.15) is 19.8 Å². The summed E-state index contributed by atoms with van der Waals surface area (Å²) >= 11 is 0. The molecule has 1 amide bonds. The first-order valence-corrected chi connectivity index (χ1v) is 5.99. The molecule has 1 saturated heterocycles. The third-order valence-electron chi connectivity index (χ3n) is 3.31. The highest BCUT2D eigenvalue weighted by molar-refractivity contribution is 5.98. The van der Waals surface area contributed by atoms with Gasteiger partial charge in [-0.2, -0.15) is 0 Å². The van der Waals surface area contributed by atoms with Crippen LogP contribution in [-0.2, 0) is 4.79 Å². The van der Waals surface area contributed by atoms with Crippen molar-refractivity contribution < 1.29 is 14.6 Å². The number of phenols is 1. The van der Waals surface area contributed by atoms with Gasteiger partial charge in [-0.15, -0.1) is 0 Å². The predicted molar refractivity (Wildman–Crippen MR) is 68.9 cm³/mol. The van der Waals surface area contributed by atoms with Gasteiger partial charge < -0.3 is 20.5 Å². The Kier molecular flexibility index (Phi) is 3.43. The van der Waals surface area contributed by atoms with E-state index in [1.54, 1.807) is 12.1 Å². The molecule has 98 valence electrons. The average molecular weight is 250 g/mol. The predicted octanol–water partition coefficient (Wildman–Crippen LogP) is 1.48. The summed E-state index contributed by atoms with van der Waals surface area (Å²) in [6, 6.07) is 4.80. The summed E-state index contributed by atoms with van der Waals surface area (Å²) in [6.07, 6.45) is 1.82. The van der Waals surface area contributed by atoms with Gasteiger partial charge in [0.2, 0.25) is 5.91 Å². The zero-order valence-electron chi connectivity index (χ0n) is 10.6. The number of hydrogen-bond acceptors (Lipinski definition) is 4. The lowest BCUT2D eigenvalue weighted by Gasteiger charge is -2.23. The molecule has 0 aliphatic carbocycles. The van der Waals surface area contributed by atoms with Crippen molar-refractivity contribution in [3.8, 4) is 11.5 Å². The molecule has 1 aliphatic heterocycles. The Morgan fingerprint density at radius 1 is 1.56 bits per heavy atom. The van der Waals surface area contributed by atoms with E-state index in [2.05, 4.69) is 10.6 Å². The van der Waals surface area contributed by atoms with Crippen LogP contribution in [0.25, 0.3) is 0 Å². The summed E-state index contributed by atoms with van der Waals surface area (Å²) in [6.45, 7) is 2.75. The molecular formula is C13H18N2O3. The van der Waals surface area contributed by atoms with Crippen molar-refractivity contribution in [2.75, 3.05) is 19.0 Å². The molecule has 0 bridgehead atoms. The molecule has 1 aromatic carbocycles. The Morgan fingerprint density at radius 2 is 2.33 bits per heavy atom. The number of methoxy groups -OCH3 is 1. The van der Waals surface area contributed by atoms with Gasteiger partial charge in [0.05, 0.1) is 12.6 Å². The van der Waals surface area contributed by atoms with Gasteiger partial charge in [-0.05, 0) is 38.4 Å². The second kappa shape index (κ2) is 4.86. The van der Waals surface area contributed by atoms with Gasteiger partial charge in [-0.3, -0.25) is 4.79 Å². The molecule has 1 aliphatic rings. The molecule has 1 aromatic rings. The molecule has 1 fully saturated rings. The van der Waals surface area contributed by atoms with Crippen LogP contribution < -0.4 is 15.4 Å². The maximum atomic E-state index is 12.1. The van der Waals surface area contributed by atoms with E-state index < -0.39 is 5.54 Å². The smallest absolute Gasteiger partial charge is 0.244 e. The average Bonchev–Trinajstić information content (AvgIpc) is 2.78. The number of nitrogens with one attached hydrogen (secondary N) is 2. The fraction of sp³-hybridized carbons (Fsp3) is 0.462. The Hall–Kier alpha value is -1.75. The SMILES string of the molecule is COc1ccc(NC(=O)C2(C)CCCN2)cc1O. The standard InChI is InChI=1S/C13H18N2O3/c1-13(6-3-7-14-13)12(17)15-9-4-5-11(18-2)10(16)8-9/h4-5,8,14,16H,3,6-7H2,1-2H3,(H,15,17). The van der Waals surface area contributed by atoms with Crippen molar-refractivity contribution in [1.82, 2.24) is 5.32 Å². The molecule has 0 spiro atoms. The van der Waals surface area contributed by atoms with Crippen molar-refractivity contribution in [2.45, 2.75) is 25.3 Å². The highest BCUT2D eigenvalue weighted by Gasteiger charge is 2.35. The molecule has 5 nitrogen and oxygen atoms in total. The first-order chi connectivity index (χ1) is 8.55. The van der Waals surface area contributed by atoms with Crippen LogP contribution in [0.5, 0.6) is 11.5 Å². The molecule has 1 unspecified atom stereocenters. The molecule has 0 radical (unpaired) electrons. The zero-order valence-corrected chi connectivity index (χ0v) is 10.6. The Bertz CT molecular complexity index is 454. The minimum Gasteiger partial charge on any atom is -0.504 e. The van der Waals surface area contributed by atoms with Gasteiger partial charge in [0, 0.05) is 11.8 Å². The van der Waals surface area contributed by atoms with Gasteiger partial charge >= 0.3 is 0 Å². The number of ether oxygens (including phenoxy) is 1. The van der Waals surface area contributed by atoms with E-state index in [-0.39, 0.29) is 11.7 Å². The number of rotatable bonds is 3. The summed E-state index contributed by atoms with van der Waals surface area (Å²) in [5.41, 5.74) is 0.0449. The summed E-state index contributed by atoms with van der Waals surface area (Å²) < 4.78 is 4.95. The minimum atomic E-state index is -0.518. The number of anilines is 1. The van der Waals surface area contributed by atoms with Crippen molar-refractivity contribution >= 4 is 11.6 Å². The lowest BCUT2D eigenvalue weighted by atomic mass is 9.99. The van der Waals surface area contributed by atoms with Gasteiger partial charge in [0.25, 0.3) is 0 Å². The van der Waals surface area contributed by atoms with E-state index in [0.29, 0.717) is 11.4 Å². The van der Waals surface area contributed by atoms with E-state index in [0.717, 1.165) is 19.4 Å². The first kappa shape index (κ1) is 12.7. The van der Waals surface area contributed by atoms with Crippen LogP contribution in [0.3, 0.4) is 0 Å². The molecular weight excluding hydrogens is 232 g/mol. The summed E-state index contributed by atoms with van der Waals surface area (Å²) in [5, 5.41) is 15.6.